The van der Waals surface area contributed by atoms with Gasteiger partial charge in [0, 0.05) is 39.1 Å². The van der Waals surface area contributed by atoms with Crippen LogP contribution in [0, 0.1) is 27.7 Å². The first-order chi connectivity index (χ1) is 15.9. The third kappa shape index (κ3) is 3.43. The minimum atomic E-state index is -0.323. The van der Waals surface area contributed by atoms with Crippen LogP contribution < -0.4 is 0 Å². The van der Waals surface area contributed by atoms with E-state index in [1.54, 1.807) is 0 Å². The van der Waals surface area contributed by atoms with E-state index in [0.717, 1.165) is 27.7 Å². The predicted octanol–water partition coefficient (Wildman–Crippen LogP) is 6.85. The molecule has 4 heteroatoms. The van der Waals surface area contributed by atoms with Crippen LogP contribution in [-0.4, -0.2) is 23.0 Å². The Kier molecular flexibility index (Phi) is 5.09. The number of fused-ring (bicyclic) bond motifs is 2. The minimum absolute atomic E-state index is 0.123. The summed E-state index contributed by atoms with van der Waals surface area (Å²) in [5.74, 6) is -0.446. The van der Waals surface area contributed by atoms with Crippen LogP contribution in [0.2, 0.25) is 0 Å². The molecule has 5 aromatic rings. The number of aromatic amines is 2. The molecule has 2 N–H and O–H groups in total. The van der Waals surface area contributed by atoms with Gasteiger partial charge in [0.15, 0.2) is 0 Å². The lowest BCUT2D eigenvalue weighted by Crippen LogP contribution is -2.11. The van der Waals surface area contributed by atoms with Crippen LogP contribution in [0.25, 0.3) is 21.8 Å². The number of carbonyl (C=O) groups excluding carboxylic acids is 1. The second-order valence-corrected chi connectivity index (χ2v) is 8.87. The van der Waals surface area contributed by atoms with Crippen molar-refractivity contribution in [3.8, 4) is 0 Å². The number of methoxy groups -OCH3 is 1. The molecule has 0 spiro atoms. The Bertz CT molecular complexity index is 1430. The summed E-state index contributed by atoms with van der Waals surface area (Å²) in [6.07, 6.45) is 0. The first-order valence-corrected chi connectivity index (χ1v) is 11.2. The van der Waals surface area contributed by atoms with E-state index in [1.165, 1.54) is 40.4 Å². The molecule has 3 aromatic carbocycles. The Balaban J connectivity index is 1.77. The van der Waals surface area contributed by atoms with Crippen molar-refractivity contribution in [1.82, 2.24) is 9.97 Å². The Morgan fingerprint density at radius 1 is 0.758 bits per heavy atom. The number of esters is 1. The second-order valence-electron chi connectivity index (χ2n) is 8.87. The van der Waals surface area contributed by atoms with Crippen molar-refractivity contribution in [3.63, 3.8) is 0 Å². The van der Waals surface area contributed by atoms with Gasteiger partial charge in [-0.1, -0.05) is 42.5 Å². The zero-order valence-electron chi connectivity index (χ0n) is 19.7. The van der Waals surface area contributed by atoms with E-state index in [1.807, 2.05) is 24.3 Å². The normalized spacial score (nSPS) is 11.6. The minimum Gasteiger partial charge on any atom is -0.465 e. The van der Waals surface area contributed by atoms with Gasteiger partial charge in [-0.2, -0.15) is 0 Å². The molecule has 0 aliphatic carbocycles. The zero-order chi connectivity index (χ0) is 23.3. The van der Waals surface area contributed by atoms with E-state index < -0.39 is 0 Å². The highest BCUT2D eigenvalue weighted by Crippen LogP contribution is 2.38. The van der Waals surface area contributed by atoms with Crippen molar-refractivity contribution in [3.05, 3.63) is 105 Å². The predicted molar refractivity (Wildman–Crippen MR) is 134 cm³/mol. The molecule has 2 heterocycles. The number of hydrogen-bond donors (Lipinski definition) is 2. The monoisotopic (exact) mass is 436 g/mol. The summed E-state index contributed by atoms with van der Waals surface area (Å²) in [7, 11) is 1.43. The number of aryl methyl sites for hydroxylation is 4. The molecule has 33 heavy (non-hydrogen) atoms. The third-order valence-corrected chi connectivity index (χ3v) is 7.01. The van der Waals surface area contributed by atoms with Crippen LogP contribution in [0.3, 0.4) is 0 Å². The fourth-order valence-corrected chi connectivity index (χ4v) is 4.94. The first kappa shape index (κ1) is 21.1. The molecule has 0 fully saturated rings. The van der Waals surface area contributed by atoms with Gasteiger partial charge < -0.3 is 14.7 Å². The molecule has 0 saturated heterocycles. The molecule has 0 bridgehead atoms. The molecule has 0 aliphatic rings. The average Bonchev–Trinajstić information content (AvgIpc) is 3.27. The van der Waals surface area contributed by atoms with E-state index in [2.05, 4.69) is 74.1 Å². The SMILES string of the molecule is COC(=O)c1ccccc1C(c1ccc2c(C)c(C)[nH]c2c1)c1ccc2c(C)c(C)[nH]c2c1. The summed E-state index contributed by atoms with van der Waals surface area (Å²) in [4.78, 5) is 19.7. The number of aromatic nitrogens is 2. The summed E-state index contributed by atoms with van der Waals surface area (Å²) >= 11 is 0. The van der Waals surface area contributed by atoms with E-state index in [0.29, 0.717) is 5.56 Å². The Morgan fingerprint density at radius 2 is 1.27 bits per heavy atom. The Morgan fingerprint density at radius 3 is 1.79 bits per heavy atom. The summed E-state index contributed by atoms with van der Waals surface area (Å²) in [6, 6.07) is 20.9. The largest absolute Gasteiger partial charge is 0.465 e. The number of H-pyrrole nitrogens is 2. The lowest BCUT2D eigenvalue weighted by atomic mass is 9.82. The second kappa shape index (κ2) is 7.96. The van der Waals surface area contributed by atoms with Gasteiger partial charge in [-0.15, -0.1) is 0 Å². The van der Waals surface area contributed by atoms with Crippen molar-refractivity contribution in [2.75, 3.05) is 7.11 Å². The van der Waals surface area contributed by atoms with Crippen LogP contribution in [0.15, 0.2) is 60.7 Å². The van der Waals surface area contributed by atoms with Crippen molar-refractivity contribution in [2.24, 2.45) is 0 Å². The smallest absolute Gasteiger partial charge is 0.338 e. The van der Waals surface area contributed by atoms with Gasteiger partial charge in [-0.25, -0.2) is 4.79 Å². The highest BCUT2D eigenvalue weighted by molar-refractivity contribution is 5.92. The van der Waals surface area contributed by atoms with Gasteiger partial charge in [0.2, 0.25) is 0 Å². The lowest BCUT2D eigenvalue weighted by Gasteiger charge is -2.21. The molecule has 0 atom stereocenters. The Labute approximate surface area is 193 Å². The number of nitrogens with one attached hydrogen (secondary N) is 2. The van der Waals surface area contributed by atoms with Gasteiger partial charge in [-0.3, -0.25) is 0 Å². The first-order valence-electron chi connectivity index (χ1n) is 11.2. The number of ether oxygens (including phenoxy) is 1. The van der Waals surface area contributed by atoms with Crippen LogP contribution in [0.4, 0.5) is 0 Å². The number of benzene rings is 3. The van der Waals surface area contributed by atoms with E-state index >= 15 is 0 Å². The topological polar surface area (TPSA) is 57.9 Å². The van der Waals surface area contributed by atoms with Crippen LogP contribution in [-0.2, 0) is 4.74 Å². The maximum atomic E-state index is 12.7. The van der Waals surface area contributed by atoms with Gasteiger partial charge in [0.25, 0.3) is 0 Å². The lowest BCUT2D eigenvalue weighted by molar-refractivity contribution is 0.0599. The van der Waals surface area contributed by atoms with Gasteiger partial charge in [-0.05, 0) is 73.7 Å². The average molecular weight is 437 g/mol. The Hall–Kier alpha value is -3.79. The molecule has 4 nitrogen and oxygen atoms in total. The maximum Gasteiger partial charge on any atom is 0.338 e. The zero-order valence-corrected chi connectivity index (χ0v) is 19.7. The van der Waals surface area contributed by atoms with Crippen LogP contribution >= 0.6 is 0 Å². The highest BCUT2D eigenvalue weighted by atomic mass is 16.5. The van der Waals surface area contributed by atoms with Crippen LogP contribution in [0.5, 0.6) is 0 Å². The summed E-state index contributed by atoms with van der Waals surface area (Å²) in [5, 5.41) is 2.45. The molecular weight excluding hydrogens is 408 g/mol. The fraction of sp³-hybridized carbons (Fsp3) is 0.207. The van der Waals surface area contributed by atoms with Crippen molar-refractivity contribution < 1.29 is 9.53 Å². The molecule has 0 aliphatic heterocycles. The van der Waals surface area contributed by atoms with Gasteiger partial charge >= 0.3 is 5.97 Å². The van der Waals surface area contributed by atoms with Crippen molar-refractivity contribution in [2.45, 2.75) is 33.6 Å². The number of hydrogen-bond acceptors (Lipinski definition) is 2. The van der Waals surface area contributed by atoms with Gasteiger partial charge in [0.05, 0.1) is 12.7 Å². The van der Waals surface area contributed by atoms with E-state index in [-0.39, 0.29) is 11.9 Å². The van der Waals surface area contributed by atoms with Gasteiger partial charge in [0.1, 0.15) is 0 Å². The molecular formula is C29H28N2O2. The van der Waals surface area contributed by atoms with E-state index in [4.69, 9.17) is 4.74 Å². The van der Waals surface area contributed by atoms with Crippen LogP contribution in [0.1, 0.15) is 55.5 Å². The molecule has 166 valence electrons. The highest BCUT2D eigenvalue weighted by Gasteiger charge is 2.24. The standard InChI is InChI=1S/C29H28N2O2/c1-16-18(3)30-26-14-20(10-12-22(16)26)28(24-8-6-7-9-25(24)29(32)33-5)21-11-13-23-17(2)19(4)31-27(23)15-21/h6-15,28,30-31H,1-5H3. The summed E-state index contributed by atoms with van der Waals surface area (Å²) in [6.45, 7) is 8.48. The molecule has 0 amide bonds. The van der Waals surface area contributed by atoms with Crippen molar-refractivity contribution in [1.29, 1.82) is 0 Å². The van der Waals surface area contributed by atoms with Crippen molar-refractivity contribution >= 4 is 27.8 Å². The quantitative estimate of drug-likeness (QED) is 0.239. The third-order valence-electron chi connectivity index (χ3n) is 7.01. The number of rotatable bonds is 4. The molecule has 2 aromatic heterocycles. The molecule has 5 rings (SSSR count). The fourth-order valence-electron chi connectivity index (χ4n) is 4.94. The van der Waals surface area contributed by atoms with E-state index in [9.17, 15) is 4.79 Å². The molecule has 0 saturated carbocycles. The summed E-state index contributed by atoms with van der Waals surface area (Å²) < 4.78 is 5.13. The molecule has 0 unspecified atom stereocenters. The maximum absolute atomic E-state index is 12.7. The molecule has 0 radical (unpaired) electrons. The summed E-state index contributed by atoms with van der Waals surface area (Å²) in [5.41, 5.74) is 10.9. The number of carbonyl (C=O) groups is 1.